The van der Waals surface area contributed by atoms with Crippen molar-refractivity contribution in [3.63, 3.8) is 0 Å². The van der Waals surface area contributed by atoms with Crippen molar-refractivity contribution >= 4 is 17.4 Å². The van der Waals surface area contributed by atoms with Crippen molar-refractivity contribution in [1.29, 1.82) is 0 Å². The Morgan fingerprint density at radius 3 is 2.86 bits per heavy atom. The molecule has 0 spiro atoms. The number of carboxylic acid groups (broad SMARTS) is 1. The van der Waals surface area contributed by atoms with E-state index in [1.807, 2.05) is 6.07 Å². The number of aromatic nitrogens is 2. The Labute approximate surface area is 123 Å². The van der Waals surface area contributed by atoms with Crippen LogP contribution >= 0.6 is 0 Å². The number of nitrogens with zero attached hydrogens (tertiary/aromatic N) is 2. The van der Waals surface area contributed by atoms with Gasteiger partial charge in [0.25, 0.3) is 0 Å². The lowest BCUT2D eigenvalue weighted by Crippen LogP contribution is -2.24. The number of aliphatic hydroxyl groups is 1. The molecule has 0 unspecified atom stereocenters. The van der Waals surface area contributed by atoms with Crippen molar-refractivity contribution < 1.29 is 15.0 Å². The van der Waals surface area contributed by atoms with E-state index in [1.54, 1.807) is 22.7 Å². The second-order valence-corrected chi connectivity index (χ2v) is 5.89. The van der Waals surface area contributed by atoms with Crippen LogP contribution in [-0.4, -0.2) is 38.7 Å². The molecule has 2 rings (SSSR count). The predicted octanol–water partition coefficient (Wildman–Crippen LogP) is 2.24. The van der Waals surface area contributed by atoms with Crippen LogP contribution in [0.3, 0.4) is 0 Å². The molecule has 0 atom stereocenters. The number of anilines is 1. The number of imidazole rings is 1. The largest absolute Gasteiger partial charge is 0.476 e. The highest BCUT2D eigenvalue weighted by molar-refractivity contribution is 5.92. The third kappa shape index (κ3) is 3.52. The molecule has 0 aliphatic rings. The molecule has 114 valence electrons. The topological polar surface area (TPSA) is 86.9 Å². The molecular weight excluding hydrogens is 270 g/mol. The lowest BCUT2D eigenvalue weighted by molar-refractivity contribution is 0.0690. The summed E-state index contributed by atoms with van der Waals surface area (Å²) in [4.78, 5) is 15.8. The van der Waals surface area contributed by atoms with E-state index < -0.39 is 5.97 Å². The van der Waals surface area contributed by atoms with E-state index in [-0.39, 0.29) is 17.7 Å². The lowest BCUT2D eigenvalue weighted by atomic mass is 9.88. The number of hydrogen-bond acceptors (Lipinski definition) is 4. The van der Waals surface area contributed by atoms with Crippen molar-refractivity contribution in [2.45, 2.75) is 26.7 Å². The number of carbonyl (C=O) groups is 1. The van der Waals surface area contributed by atoms with E-state index in [0.29, 0.717) is 18.0 Å². The minimum absolute atomic E-state index is 0.0473. The van der Waals surface area contributed by atoms with Crippen molar-refractivity contribution in [3.8, 4) is 0 Å². The maximum atomic E-state index is 11.5. The molecule has 0 saturated carbocycles. The molecule has 0 aliphatic carbocycles. The highest BCUT2D eigenvalue weighted by Gasteiger charge is 2.22. The molecule has 0 fully saturated rings. The van der Waals surface area contributed by atoms with Gasteiger partial charge in [0.05, 0.1) is 0 Å². The second kappa shape index (κ2) is 6.13. The standard InChI is InChI=1S/C15H21N3O3/c1-15(2,7-5-9-19)10-16-13-12(14(20)21)18-8-4-3-6-11(18)17-13/h3-4,6,8,16,19H,5,7,9-10H2,1-2H3,(H,20,21). The molecule has 3 N–H and O–H groups in total. The van der Waals surface area contributed by atoms with Crippen LogP contribution in [0.15, 0.2) is 24.4 Å². The maximum Gasteiger partial charge on any atom is 0.356 e. The highest BCUT2D eigenvalue weighted by atomic mass is 16.4. The molecule has 2 aromatic rings. The summed E-state index contributed by atoms with van der Waals surface area (Å²) in [6.07, 6.45) is 3.27. The smallest absolute Gasteiger partial charge is 0.356 e. The van der Waals surface area contributed by atoms with Gasteiger partial charge >= 0.3 is 5.97 Å². The monoisotopic (exact) mass is 291 g/mol. The van der Waals surface area contributed by atoms with E-state index in [4.69, 9.17) is 5.11 Å². The number of carboxylic acids is 1. The Kier molecular flexibility index (Phi) is 4.47. The first-order valence-electron chi connectivity index (χ1n) is 7.00. The first-order chi connectivity index (χ1) is 9.94. The van der Waals surface area contributed by atoms with Crippen LogP contribution in [0, 0.1) is 5.41 Å². The van der Waals surface area contributed by atoms with Gasteiger partial charge in [-0.25, -0.2) is 9.78 Å². The zero-order valence-corrected chi connectivity index (χ0v) is 12.3. The fourth-order valence-electron chi connectivity index (χ4n) is 2.29. The average molecular weight is 291 g/mol. The van der Waals surface area contributed by atoms with E-state index >= 15 is 0 Å². The first-order valence-corrected chi connectivity index (χ1v) is 7.00. The summed E-state index contributed by atoms with van der Waals surface area (Å²) in [5.41, 5.74) is 0.697. The highest BCUT2D eigenvalue weighted by Crippen LogP contribution is 2.24. The van der Waals surface area contributed by atoms with Crippen molar-refractivity contribution in [1.82, 2.24) is 9.38 Å². The Morgan fingerprint density at radius 1 is 1.43 bits per heavy atom. The Morgan fingerprint density at radius 2 is 2.19 bits per heavy atom. The van der Waals surface area contributed by atoms with Gasteiger partial charge < -0.3 is 15.5 Å². The number of rotatable bonds is 7. The van der Waals surface area contributed by atoms with E-state index in [1.165, 1.54) is 0 Å². The fourth-order valence-corrected chi connectivity index (χ4v) is 2.29. The zero-order valence-electron chi connectivity index (χ0n) is 12.3. The Hall–Kier alpha value is -2.08. The summed E-state index contributed by atoms with van der Waals surface area (Å²) < 4.78 is 1.56. The fraction of sp³-hybridized carbons (Fsp3) is 0.467. The van der Waals surface area contributed by atoms with Gasteiger partial charge in [-0.15, -0.1) is 0 Å². The molecule has 0 radical (unpaired) electrons. The summed E-state index contributed by atoms with van der Waals surface area (Å²) >= 11 is 0. The van der Waals surface area contributed by atoms with Crippen LogP contribution < -0.4 is 5.32 Å². The maximum absolute atomic E-state index is 11.5. The average Bonchev–Trinajstić information content (AvgIpc) is 2.81. The van der Waals surface area contributed by atoms with E-state index in [0.717, 1.165) is 12.8 Å². The molecule has 0 amide bonds. The summed E-state index contributed by atoms with van der Waals surface area (Å²) in [6, 6.07) is 5.37. The van der Waals surface area contributed by atoms with Gasteiger partial charge in [0.2, 0.25) is 0 Å². The van der Waals surface area contributed by atoms with Gasteiger partial charge in [-0.05, 0) is 30.4 Å². The number of aliphatic hydroxyl groups excluding tert-OH is 1. The lowest BCUT2D eigenvalue weighted by Gasteiger charge is -2.24. The molecule has 0 bridgehead atoms. The van der Waals surface area contributed by atoms with Crippen molar-refractivity contribution in [2.75, 3.05) is 18.5 Å². The van der Waals surface area contributed by atoms with Crippen LogP contribution in [0.2, 0.25) is 0 Å². The van der Waals surface area contributed by atoms with Gasteiger partial charge in [0.1, 0.15) is 5.65 Å². The zero-order chi connectivity index (χ0) is 15.5. The normalized spacial score (nSPS) is 11.8. The summed E-state index contributed by atoms with van der Waals surface area (Å²) in [5, 5.41) is 21.4. The predicted molar refractivity (Wildman–Crippen MR) is 80.7 cm³/mol. The molecule has 0 aliphatic heterocycles. The number of hydrogen-bond donors (Lipinski definition) is 3. The van der Waals surface area contributed by atoms with Gasteiger partial charge in [-0.1, -0.05) is 19.9 Å². The van der Waals surface area contributed by atoms with Crippen LogP contribution in [0.4, 0.5) is 5.82 Å². The molecule has 21 heavy (non-hydrogen) atoms. The van der Waals surface area contributed by atoms with Gasteiger partial charge in [-0.3, -0.25) is 4.40 Å². The Balaban J connectivity index is 2.22. The van der Waals surface area contributed by atoms with Gasteiger partial charge in [0.15, 0.2) is 11.5 Å². The molecule has 0 saturated heterocycles. The number of nitrogens with one attached hydrogen (secondary N) is 1. The van der Waals surface area contributed by atoms with E-state index in [9.17, 15) is 9.90 Å². The SMILES string of the molecule is CC(C)(CCCO)CNc1nc2ccccn2c1C(=O)O. The molecule has 6 nitrogen and oxygen atoms in total. The second-order valence-electron chi connectivity index (χ2n) is 5.89. The van der Waals surface area contributed by atoms with Crippen LogP contribution in [0.25, 0.3) is 5.65 Å². The summed E-state index contributed by atoms with van der Waals surface area (Å²) in [6.45, 7) is 4.91. The molecule has 0 aromatic carbocycles. The van der Waals surface area contributed by atoms with Crippen molar-refractivity contribution in [3.05, 3.63) is 30.1 Å². The van der Waals surface area contributed by atoms with E-state index in [2.05, 4.69) is 24.1 Å². The molecule has 2 heterocycles. The minimum Gasteiger partial charge on any atom is -0.476 e. The van der Waals surface area contributed by atoms with Crippen LogP contribution in [0.5, 0.6) is 0 Å². The van der Waals surface area contributed by atoms with Crippen LogP contribution in [-0.2, 0) is 0 Å². The molecule has 2 aromatic heterocycles. The van der Waals surface area contributed by atoms with Gasteiger partial charge in [-0.2, -0.15) is 0 Å². The molecule has 6 heteroatoms. The third-order valence-electron chi connectivity index (χ3n) is 3.48. The number of fused-ring (bicyclic) bond motifs is 1. The number of pyridine rings is 1. The first kappa shape index (κ1) is 15.3. The van der Waals surface area contributed by atoms with Gasteiger partial charge in [0, 0.05) is 19.3 Å². The van der Waals surface area contributed by atoms with Crippen molar-refractivity contribution in [2.24, 2.45) is 5.41 Å². The third-order valence-corrected chi connectivity index (χ3v) is 3.48. The number of aromatic carboxylic acids is 1. The van der Waals surface area contributed by atoms with Crippen LogP contribution in [0.1, 0.15) is 37.2 Å². The summed E-state index contributed by atoms with van der Waals surface area (Å²) in [5.74, 6) is -0.630. The minimum atomic E-state index is -1.01. The molecular formula is C15H21N3O3. The Bertz CT molecular complexity index is 634. The quantitative estimate of drug-likeness (QED) is 0.728. The summed E-state index contributed by atoms with van der Waals surface area (Å²) in [7, 11) is 0.